The minimum atomic E-state index is -0.243. The number of allylic oxidation sites excluding steroid dienone is 1. The number of rotatable bonds is 4. The summed E-state index contributed by atoms with van der Waals surface area (Å²) in [6, 6.07) is 18.8. The molecule has 0 spiro atoms. The highest BCUT2D eigenvalue weighted by atomic mass is 79.9. The van der Waals surface area contributed by atoms with Gasteiger partial charge in [0.1, 0.15) is 0 Å². The van der Waals surface area contributed by atoms with Crippen LogP contribution >= 0.6 is 48.8 Å². The zero-order valence-electron chi connectivity index (χ0n) is 11.4. The predicted octanol–water partition coefficient (Wildman–Crippen LogP) is 5.61. The second kappa shape index (κ2) is 9.71. The summed E-state index contributed by atoms with van der Waals surface area (Å²) in [5, 5.41) is 2.79. The van der Waals surface area contributed by atoms with E-state index < -0.39 is 0 Å². The van der Waals surface area contributed by atoms with E-state index in [9.17, 15) is 4.79 Å². The van der Waals surface area contributed by atoms with Crippen molar-refractivity contribution in [2.45, 2.75) is 0 Å². The molecule has 0 unspecified atom stereocenters. The molecule has 6 heteroatoms. The fraction of sp³-hybridized carbons (Fsp3) is 0. The van der Waals surface area contributed by atoms with Crippen LogP contribution in [0.15, 0.2) is 74.6 Å². The Morgan fingerprint density at radius 3 is 2.09 bits per heavy atom. The first-order chi connectivity index (χ1) is 10.2. The quantitative estimate of drug-likeness (QED) is 0.441. The van der Waals surface area contributed by atoms with Crippen LogP contribution < -0.4 is 5.32 Å². The Morgan fingerprint density at radius 2 is 1.50 bits per heavy atom. The Kier molecular flexibility index (Phi) is 8.30. The van der Waals surface area contributed by atoms with Crippen molar-refractivity contribution in [3.05, 3.63) is 69.6 Å². The lowest BCUT2D eigenvalue weighted by Crippen LogP contribution is -2.12. The van der Waals surface area contributed by atoms with E-state index >= 15 is 0 Å². The molecule has 0 heterocycles. The van der Waals surface area contributed by atoms with Gasteiger partial charge in [0.15, 0.2) is 0 Å². The zero-order chi connectivity index (χ0) is 15.1. The van der Waals surface area contributed by atoms with Gasteiger partial charge in [0, 0.05) is 11.9 Å². The zero-order valence-corrected chi connectivity index (χ0v) is 16.3. The standard InChI is InChI=1S/C16H12Br2N2O.BrH/c17-14(11-19-12-7-3-1-4-8-12)15(18)16(21)20-13-9-5-2-6-10-13;/h1-11H,(H,20,21);1H. The summed E-state index contributed by atoms with van der Waals surface area (Å²) in [6.07, 6.45) is 1.59. The summed E-state index contributed by atoms with van der Waals surface area (Å²) in [6.45, 7) is 0. The van der Waals surface area contributed by atoms with Gasteiger partial charge >= 0.3 is 0 Å². The molecular weight excluding hydrogens is 476 g/mol. The molecule has 22 heavy (non-hydrogen) atoms. The number of nitrogens with one attached hydrogen (secondary N) is 1. The van der Waals surface area contributed by atoms with Crippen LogP contribution in [0.4, 0.5) is 11.4 Å². The number of carbonyl (C=O) groups excluding carboxylic acids is 1. The SMILES string of the molecule is Br.O=C(Nc1ccccc1)C(Br)=C(Br)C=Nc1ccccc1. The molecule has 0 bridgehead atoms. The molecule has 114 valence electrons. The molecule has 0 radical (unpaired) electrons. The van der Waals surface area contributed by atoms with Gasteiger partial charge in [-0.2, -0.15) is 0 Å². The lowest BCUT2D eigenvalue weighted by atomic mass is 10.3. The van der Waals surface area contributed by atoms with Gasteiger partial charge in [-0.25, -0.2) is 0 Å². The van der Waals surface area contributed by atoms with Crippen LogP contribution in [-0.2, 0) is 4.79 Å². The van der Waals surface area contributed by atoms with Gasteiger partial charge < -0.3 is 5.32 Å². The van der Waals surface area contributed by atoms with Gasteiger partial charge in [0.2, 0.25) is 0 Å². The maximum Gasteiger partial charge on any atom is 0.263 e. The molecule has 1 N–H and O–H groups in total. The normalized spacial score (nSPS) is 11.5. The van der Waals surface area contributed by atoms with E-state index in [0.29, 0.717) is 8.96 Å². The van der Waals surface area contributed by atoms with Crippen molar-refractivity contribution in [1.82, 2.24) is 0 Å². The molecule has 3 nitrogen and oxygen atoms in total. The Hall–Kier alpha value is -1.24. The van der Waals surface area contributed by atoms with Crippen molar-refractivity contribution in [2.75, 3.05) is 5.32 Å². The third-order valence-electron chi connectivity index (χ3n) is 2.52. The fourth-order valence-corrected chi connectivity index (χ4v) is 2.00. The number of hydrogen-bond acceptors (Lipinski definition) is 2. The third-order valence-corrected chi connectivity index (χ3v) is 4.44. The Morgan fingerprint density at radius 1 is 0.955 bits per heavy atom. The number of amides is 1. The first kappa shape index (κ1) is 18.8. The van der Waals surface area contributed by atoms with Gasteiger partial charge in [-0.3, -0.25) is 9.79 Å². The average molecular weight is 489 g/mol. The molecule has 0 aliphatic rings. The van der Waals surface area contributed by atoms with Crippen LogP contribution in [0.3, 0.4) is 0 Å². The van der Waals surface area contributed by atoms with Crippen LogP contribution in [0.5, 0.6) is 0 Å². The molecule has 0 saturated heterocycles. The Balaban J connectivity index is 0.00000242. The third kappa shape index (κ3) is 5.87. The van der Waals surface area contributed by atoms with E-state index in [1.54, 1.807) is 6.21 Å². The highest BCUT2D eigenvalue weighted by Crippen LogP contribution is 2.20. The van der Waals surface area contributed by atoms with Crippen LogP contribution in [0, 0.1) is 0 Å². The minimum Gasteiger partial charge on any atom is -0.322 e. The van der Waals surface area contributed by atoms with Gasteiger partial charge in [0.05, 0.1) is 14.7 Å². The monoisotopic (exact) mass is 486 g/mol. The van der Waals surface area contributed by atoms with Gasteiger partial charge in [-0.05, 0) is 56.1 Å². The number of anilines is 1. The number of aliphatic imine (C=N–C) groups is 1. The first-order valence-corrected chi connectivity index (χ1v) is 7.76. The molecule has 0 aliphatic carbocycles. The second-order valence-corrected chi connectivity index (χ2v) is 5.72. The summed E-state index contributed by atoms with van der Waals surface area (Å²) in [5.74, 6) is -0.243. The van der Waals surface area contributed by atoms with E-state index in [4.69, 9.17) is 0 Å². The number of carbonyl (C=O) groups is 1. The Bertz CT molecular complexity index is 670. The number of benzene rings is 2. The van der Waals surface area contributed by atoms with Crippen molar-refractivity contribution in [3.63, 3.8) is 0 Å². The second-order valence-electron chi connectivity index (χ2n) is 4.08. The molecule has 0 saturated carbocycles. The average Bonchev–Trinajstić information content (AvgIpc) is 2.53. The molecule has 0 fully saturated rings. The summed E-state index contributed by atoms with van der Waals surface area (Å²) < 4.78 is 0.950. The topological polar surface area (TPSA) is 41.5 Å². The highest BCUT2D eigenvalue weighted by Gasteiger charge is 2.10. The van der Waals surface area contributed by atoms with E-state index in [0.717, 1.165) is 11.4 Å². The van der Waals surface area contributed by atoms with E-state index in [-0.39, 0.29) is 22.9 Å². The molecule has 0 aromatic heterocycles. The lowest BCUT2D eigenvalue weighted by molar-refractivity contribution is -0.112. The Labute approximate surface area is 156 Å². The van der Waals surface area contributed by atoms with Crippen molar-refractivity contribution >= 4 is 72.3 Å². The van der Waals surface area contributed by atoms with Crippen LogP contribution in [0.2, 0.25) is 0 Å². The number of hydrogen-bond donors (Lipinski definition) is 1. The summed E-state index contributed by atoms with van der Waals surface area (Å²) in [7, 11) is 0. The maximum absolute atomic E-state index is 12.1. The molecule has 2 rings (SSSR count). The minimum absolute atomic E-state index is 0. The van der Waals surface area contributed by atoms with Crippen LogP contribution in [-0.4, -0.2) is 12.1 Å². The summed E-state index contributed by atoms with van der Waals surface area (Å²) in [4.78, 5) is 16.3. The lowest BCUT2D eigenvalue weighted by Gasteiger charge is -2.04. The molecule has 2 aromatic carbocycles. The van der Waals surface area contributed by atoms with Crippen molar-refractivity contribution in [3.8, 4) is 0 Å². The number of para-hydroxylation sites is 2. The summed E-state index contributed by atoms with van der Waals surface area (Å²) in [5.41, 5.74) is 1.55. The molecule has 0 atom stereocenters. The van der Waals surface area contributed by atoms with Crippen molar-refractivity contribution in [1.29, 1.82) is 0 Å². The van der Waals surface area contributed by atoms with Crippen molar-refractivity contribution in [2.24, 2.45) is 4.99 Å². The van der Waals surface area contributed by atoms with Gasteiger partial charge in [-0.15, -0.1) is 17.0 Å². The van der Waals surface area contributed by atoms with Crippen molar-refractivity contribution < 1.29 is 4.79 Å². The molecule has 1 amide bonds. The number of nitrogens with zero attached hydrogens (tertiary/aromatic N) is 1. The van der Waals surface area contributed by atoms with E-state index in [1.165, 1.54) is 0 Å². The fourth-order valence-electron chi connectivity index (χ4n) is 1.52. The van der Waals surface area contributed by atoms with E-state index in [2.05, 4.69) is 42.2 Å². The predicted molar refractivity (Wildman–Crippen MR) is 105 cm³/mol. The van der Waals surface area contributed by atoms with Gasteiger partial charge in [-0.1, -0.05) is 36.4 Å². The summed E-state index contributed by atoms with van der Waals surface area (Å²) >= 11 is 6.61. The highest BCUT2D eigenvalue weighted by molar-refractivity contribution is 9.14. The smallest absolute Gasteiger partial charge is 0.263 e. The first-order valence-electron chi connectivity index (χ1n) is 6.17. The number of halogens is 3. The molecular formula is C16H13Br3N2O. The van der Waals surface area contributed by atoms with E-state index in [1.807, 2.05) is 60.7 Å². The molecule has 2 aromatic rings. The van der Waals surface area contributed by atoms with Crippen LogP contribution in [0.25, 0.3) is 0 Å². The largest absolute Gasteiger partial charge is 0.322 e. The van der Waals surface area contributed by atoms with Crippen LogP contribution in [0.1, 0.15) is 0 Å². The molecule has 0 aliphatic heterocycles. The van der Waals surface area contributed by atoms with Gasteiger partial charge in [0.25, 0.3) is 5.91 Å². The maximum atomic E-state index is 12.1.